The zero-order chi connectivity index (χ0) is 21.5. The van der Waals surface area contributed by atoms with Crippen molar-refractivity contribution in [3.63, 3.8) is 0 Å². The lowest BCUT2D eigenvalue weighted by Gasteiger charge is -2.30. The van der Waals surface area contributed by atoms with Crippen LogP contribution in [0.4, 0.5) is 9.18 Å². The summed E-state index contributed by atoms with van der Waals surface area (Å²) < 4.78 is 51.9. The normalized spacial score (nSPS) is 30.1. The minimum Gasteiger partial charge on any atom is -0.432 e. The third-order valence-electron chi connectivity index (χ3n) is 4.31. The number of nitrogens with zero attached hydrogens (tertiary/aromatic N) is 2. The van der Waals surface area contributed by atoms with E-state index in [-0.39, 0.29) is 13.2 Å². The number of hydrogen-bond donors (Lipinski definition) is 1. The first-order valence-corrected chi connectivity index (χ1v) is 10.2. The number of halogens is 1. The molecule has 3 rings (SSSR count). The second-order valence-corrected chi connectivity index (χ2v) is 8.16. The van der Waals surface area contributed by atoms with Crippen LogP contribution in [0.25, 0.3) is 0 Å². The van der Waals surface area contributed by atoms with Gasteiger partial charge >= 0.3 is 19.7 Å². The number of aromatic nitrogens is 2. The molecule has 1 aromatic rings. The molecular formula is C15H20FN2O10P. The fourth-order valence-electron chi connectivity index (χ4n) is 3.06. The van der Waals surface area contributed by atoms with Crippen LogP contribution in [0.1, 0.15) is 33.0 Å². The van der Waals surface area contributed by atoms with Crippen molar-refractivity contribution in [2.45, 2.75) is 51.4 Å². The van der Waals surface area contributed by atoms with Crippen LogP contribution in [0.15, 0.2) is 15.8 Å². The molecule has 5 atom stereocenters. The molecule has 2 aliphatic heterocycles. The zero-order valence-corrected chi connectivity index (χ0v) is 16.6. The van der Waals surface area contributed by atoms with Crippen LogP contribution in [0.5, 0.6) is 0 Å². The summed E-state index contributed by atoms with van der Waals surface area (Å²) in [6.07, 6.45) is -4.35. The van der Waals surface area contributed by atoms with E-state index in [1.807, 2.05) is 0 Å². The second kappa shape index (κ2) is 8.00. The van der Waals surface area contributed by atoms with E-state index in [0.29, 0.717) is 10.8 Å². The van der Waals surface area contributed by atoms with Crippen LogP contribution in [-0.4, -0.2) is 51.7 Å². The molecule has 0 amide bonds. The van der Waals surface area contributed by atoms with Gasteiger partial charge in [-0.05, 0) is 20.8 Å². The van der Waals surface area contributed by atoms with Gasteiger partial charge in [-0.25, -0.2) is 18.7 Å². The molecule has 0 aromatic carbocycles. The Balaban J connectivity index is 1.95. The molecule has 1 aromatic heterocycles. The van der Waals surface area contributed by atoms with Gasteiger partial charge in [-0.15, -0.1) is 0 Å². The predicted octanol–water partition coefficient (Wildman–Crippen LogP) is 0.685. The Bertz CT molecular complexity index is 959. The molecule has 3 heterocycles. The summed E-state index contributed by atoms with van der Waals surface area (Å²) in [4.78, 5) is 46.2. The quantitative estimate of drug-likeness (QED) is 0.526. The van der Waals surface area contributed by atoms with Crippen LogP contribution in [0, 0.1) is 5.82 Å². The average Bonchev–Trinajstić information content (AvgIpc) is 2.99. The summed E-state index contributed by atoms with van der Waals surface area (Å²) in [6, 6.07) is -1.02. The molecule has 162 valence electrons. The van der Waals surface area contributed by atoms with Crippen molar-refractivity contribution in [2.24, 2.45) is 0 Å². The first-order chi connectivity index (χ1) is 13.5. The van der Waals surface area contributed by atoms with Crippen molar-refractivity contribution < 1.29 is 41.9 Å². The molecule has 3 unspecified atom stereocenters. The van der Waals surface area contributed by atoms with E-state index in [1.165, 1.54) is 6.92 Å². The number of phosphoric acid groups is 1. The Morgan fingerprint density at radius 1 is 1.31 bits per heavy atom. The lowest BCUT2D eigenvalue weighted by molar-refractivity contribution is -0.0401. The molecule has 14 heteroatoms. The number of carbonyl (C=O) groups is 1. The molecule has 0 radical (unpaired) electrons. The molecule has 0 saturated carbocycles. The van der Waals surface area contributed by atoms with Crippen LogP contribution in [0.3, 0.4) is 0 Å². The Kier molecular flexibility index (Phi) is 5.97. The molecular weight excluding hydrogens is 418 g/mol. The van der Waals surface area contributed by atoms with Crippen LogP contribution >= 0.6 is 7.82 Å². The summed E-state index contributed by atoms with van der Waals surface area (Å²) in [7, 11) is -4.36. The molecule has 0 aliphatic carbocycles. The predicted molar refractivity (Wildman–Crippen MR) is 91.8 cm³/mol. The largest absolute Gasteiger partial charge is 0.510 e. The molecule has 29 heavy (non-hydrogen) atoms. The fraction of sp³-hybridized carbons (Fsp3) is 0.667. The second-order valence-electron chi connectivity index (χ2n) is 6.75. The standard InChI is InChI=1S/C15H20FN2O10P/c1-7(2)26-15(21)27-8(3)18-13(19)9(16)4-17(14(18)20)10-5-24-11-6-25-29(22,23)28-12(10)11/h4,7-8,10-12H,5-6H2,1-3H3,(H,22,23)/t8?,10?,11-,12+/m1/s1. The molecule has 2 saturated heterocycles. The van der Waals surface area contributed by atoms with Crippen molar-refractivity contribution in [3.05, 3.63) is 32.9 Å². The van der Waals surface area contributed by atoms with E-state index >= 15 is 0 Å². The van der Waals surface area contributed by atoms with Gasteiger partial charge in [0, 0.05) is 0 Å². The molecule has 2 aliphatic rings. The molecule has 2 fully saturated rings. The minimum atomic E-state index is -4.36. The Morgan fingerprint density at radius 2 is 2.00 bits per heavy atom. The van der Waals surface area contributed by atoms with Gasteiger partial charge in [0.05, 0.1) is 31.6 Å². The fourth-order valence-corrected chi connectivity index (χ4v) is 4.04. The summed E-state index contributed by atoms with van der Waals surface area (Å²) in [5, 5.41) is 0. The van der Waals surface area contributed by atoms with Gasteiger partial charge in [0.1, 0.15) is 12.2 Å². The first-order valence-electron chi connectivity index (χ1n) is 8.68. The smallest absolute Gasteiger partial charge is 0.432 e. The summed E-state index contributed by atoms with van der Waals surface area (Å²) in [5.74, 6) is -1.31. The highest BCUT2D eigenvalue weighted by atomic mass is 31.2. The van der Waals surface area contributed by atoms with E-state index < -0.39 is 61.6 Å². The van der Waals surface area contributed by atoms with Gasteiger partial charge in [-0.1, -0.05) is 0 Å². The van der Waals surface area contributed by atoms with Crippen molar-refractivity contribution in [1.82, 2.24) is 9.13 Å². The number of rotatable bonds is 4. The average molecular weight is 438 g/mol. The van der Waals surface area contributed by atoms with Crippen LogP contribution in [0.2, 0.25) is 0 Å². The van der Waals surface area contributed by atoms with Gasteiger partial charge in [-0.2, -0.15) is 4.39 Å². The van der Waals surface area contributed by atoms with Crippen molar-refractivity contribution in [1.29, 1.82) is 0 Å². The van der Waals surface area contributed by atoms with Gasteiger partial charge in [-0.3, -0.25) is 18.4 Å². The third-order valence-corrected chi connectivity index (χ3v) is 5.29. The lowest BCUT2D eigenvalue weighted by Crippen LogP contribution is -2.47. The Hall–Kier alpha value is -2.05. The van der Waals surface area contributed by atoms with Gasteiger partial charge in [0.15, 0.2) is 6.23 Å². The van der Waals surface area contributed by atoms with Crippen molar-refractivity contribution in [3.8, 4) is 0 Å². The number of ether oxygens (including phenoxy) is 3. The van der Waals surface area contributed by atoms with E-state index in [4.69, 9.17) is 18.7 Å². The molecule has 1 N–H and O–H groups in total. The van der Waals surface area contributed by atoms with Gasteiger partial charge < -0.3 is 19.1 Å². The van der Waals surface area contributed by atoms with Gasteiger partial charge in [0.2, 0.25) is 5.82 Å². The number of carbonyl (C=O) groups excluding carboxylic acids is 1. The van der Waals surface area contributed by atoms with E-state index in [1.54, 1.807) is 13.8 Å². The monoisotopic (exact) mass is 438 g/mol. The van der Waals surface area contributed by atoms with Crippen molar-refractivity contribution >= 4 is 14.0 Å². The van der Waals surface area contributed by atoms with E-state index in [2.05, 4.69) is 4.52 Å². The minimum absolute atomic E-state index is 0.166. The Morgan fingerprint density at radius 3 is 2.66 bits per heavy atom. The van der Waals surface area contributed by atoms with E-state index in [0.717, 1.165) is 4.57 Å². The molecule has 0 bridgehead atoms. The number of hydrogen-bond acceptors (Lipinski definition) is 9. The van der Waals surface area contributed by atoms with Gasteiger partial charge in [0.25, 0.3) is 5.56 Å². The zero-order valence-electron chi connectivity index (χ0n) is 15.7. The van der Waals surface area contributed by atoms with Crippen LogP contribution < -0.4 is 11.2 Å². The molecule has 0 spiro atoms. The topological polar surface area (TPSA) is 145 Å². The highest BCUT2D eigenvalue weighted by Gasteiger charge is 2.49. The maximum atomic E-state index is 14.3. The van der Waals surface area contributed by atoms with E-state index in [9.17, 15) is 28.2 Å². The van der Waals surface area contributed by atoms with Crippen molar-refractivity contribution in [2.75, 3.05) is 13.2 Å². The maximum Gasteiger partial charge on any atom is 0.510 e. The van der Waals surface area contributed by atoms with Crippen LogP contribution in [-0.2, 0) is 27.8 Å². The first kappa shape index (κ1) is 21.7. The summed E-state index contributed by atoms with van der Waals surface area (Å²) in [5.41, 5.74) is -2.34. The highest BCUT2D eigenvalue weighted by molar-refractivity contribution is 7.47. The SMILES string of the molecule is CC(C)OC(=O)OC(C)n1c(=O)c(F)cn(C2CO[C@@H]3COP(=O)(O)O[C@@H]23)c1=O. The highest BCUT2D eigenvalue weighted by Crippen LogP contribution is 2.52. The number of phosphoric ester groups is 1. The summed E-state index contributed by atoms with van der Waals surface area (Å²) >= 11 is 0. The lowest BCUT2D eigenvalue weighted by atomic mass is 10.1. The summed E-state index contributed by atoms with van der Waals surface area (Å²) in [6.45, 7) is 3.90. The molecule has 12 nitrogen and oxygen atoms in total. The Labute approximate surface area is 163 Å². The third kappa shape index (κ3) is 4.43. The number of fused-ring (bicyclic) bond motifs is 1. The maximum absolute atomic E-state index is 14.3.